The predicted octanol–water partition coefficient (Wildman–Crippen LogP) is 3.26. The zero-order chi connectivity index (χ0) is 17.4. The standard InChI is InChI=1S/C19H24N4OS/c1-12-2-3-16-14(10-12)11-17(25-16)18(24)23-8-5-13(6-9-23)15-4-7-21-19(20)22-15/h4,7,11-13H,2-3,5-6,8-10H2,1H3,(H2,20,21,22)/t12-/m1/s1. The maximum Gasteiger partial charge on any atom is 0.263 e. The van der Waals surface area contributed by atoms with Gasteiger partial charge in [-0.25, -0.2) is 9.97 Å². The van der Waals surface area contributed by atoms with Gasteiger partial charge in [0.2, 0.25) is 5.95 Å². The molecule has 1 saturated heterocycles. The molecule has 4 rings (SSSR count). The van der Waals surface area contributed by atoms with Gasteiger partial charge in [-0.05, 0) is 55.7 Å². The molecule has 1 aliphatic heterocycles. The average molecular weight is 356 g/mol. The van der Waals surface area contributed by atoms with Crippen molar-refractivity contribution in [3.63, 3.8) is 0 Å². The molecule has 6 heteroatoms. The summed E-state index contributed by atoms with van der Waals surface area (Å²) < 4.78 is 0. The molecular formula is C19H24N4OS. The van der Waals surface area contributed by atoms with Crippen LogP contribution in [0.4, 0.5) is 5.95 Å². The summed E-state index contributed by atoms with van der Waals surface area (Å²) >= 11 is 1.71. The second kappa shape index (κ2) is 6.75. The lowest BCUT2D eigenvalue weighted by Crippen LogP contribution is -2.37. The zero-order valence-electron chi connectivity index (χ0n) is 14.6. The molecular weight excluding hydrogens is 332 g/mol. The number of piperidine rings is 1. The lowest BCUT2D eigenvalue weighted by Gasteiger charge is -2.31. The number of carbonyl (C=O) groups excluding carboxylic acids is 1. The number of hydrogen-bond donors (Lipinski definition) is 1. The molecule has 25 heavy (non-hydrogen) atoms. The molecule has 1 fully saturated rings. The number of hydrogen-bond acceptors (Lipinski definition) is 5. The average Bonchev–Trinajstić information content (AvgIpc) is 3.04. The Balaban J connectivity index is 1.41. The summed E-state index contributed by atoms with van der Waals surface area (Å²) in [5.41, 5.74) is 8.09. The number of carbonyl (C=O) groups is 1. The Bertz CT molecular complexity index is 779. The molecule has 0 bridgehead atoms. The largest absolute Gasteiger partial charge is 0.368 e. The van der Waals surface area contributed by atoms with Gasteiger partial charge in [0.25, 0.3) is 5.91 Å². The number of nitrogen functional groups attached to an aromatic ring is 1. The Morgan fingerprint density at radius 2 is 2.12 bits per heavy atom. The Morgan fingerprint density at radius 3 is 2.88 bits per heavy atom. The van der Waals surface area contributed by atoms with Crippen molar-refractivity contribution in [2.45, 2.75) is 44.9 Å². The lowest BCUT2D eigenvalue weighted by atomic mass is 9.90. The Hall–Kier alpha value is -1.95. The molecule has 0 aromatic carbocycles. The van der Waals surface area contributed by atoms with E-state index in [-0.39, 0.29) is 5.91 Å². The van der Waals surface area contributed by atoms with Gasteiger partial charge in [0.15, 0.2) is 0 Å². The molecule has 0 spiro atoms. The first-order valence-electron chi connectivity index (χ1n) is 9.09. The fourth-order valence-electron chi connectivity index (χ4n) is 3.96. The topological polar surface area (TPSA) is 72.1 Å². The van der Waals surface area contributed by atoms with Crippen LogP contribution >= 0.6 is 11.3 Å². The Labute approximate surface area is 152 Å². The molecule has 1 atom stereocenters. The SMILES string of the molecule is C[C@@H]1CCc2sc(C(=O)N3CCC(c4ccnc(N)n4)CC3)cc2C1. The van der Waals surface area contributed by atoms with Crippen molar-refractivity contribution in [2.24, 2.45) is 5.92 Å². The molecule has 0 radical (unpaired) electrons. The van der Waals surface area contributed by atoms with Gasteiger partial charge in [0.1, 0.15) is 0 Å². The van der Waals surface area contributed by atoms with Crippen molar-refractivity contribution < 1.29 is 4.79 Å². The van der Waals surface area contributed by atoms with E-state index < -0.39 is 0 Å². The summed E-state index contributed by atoms with van der Waals surface area (Å²) in [5, 5.41) is 0. The highest BCUT2D eigenvalue weighted by Gasteiger charge is 2.28. The first kappa shape index (κ1) is 16.5. The van der Waals surface area contributed by atoms with E-state index in [0.29, 0.717) is 11.9 Å². The Kier molecular flexibility index (Phi) is 4.46. The van der Waals surface area contributed by atoms with Crippen LogP contribution in [0.1, 0.15) is 57.9 Å². The van der Waals surface area contributed by atoms with E-state index in [1.54, 1.807) is 17.5 Å². The van der Waals surface area contributed by atoms with Crippen molar-refractivity contribution in [3.8, 4) is 0 Å². The van der Waals surface area contributed by atoms with Gasteiger partial charge in [0, 0.05) is 35.8 Å². The third-order valence-corrected chi connectivity index (χ3v) is 6.66. The normalized spacial score (nSPS) is 21.2. The molecule has 0 unspecified atom stereocenters. The molecule has 2 N–H and O–H groups in total. The molecule has 3 heterocycles. The monoisotopic (exact) mass is 356 g/mol. The molecule has 1 aliphatic carbocycles. The maximum absolute atomic E-state index is 12.9. The van der Waals surface area contributed by atoms with Crippen molar-refractivity contribution in [1.82, 2.24) is 14.9 Å². The second-order valence-corrected chi connectivity index (χ2v) is 8.45. The number of likely N-dealkylation sites (tertiary alicyclic amines) is 1. The molecule has 2 aromatic rings. The van der Waals surface area contributed by atoms with Crippen molar-refractivity contribution in [1.29, 1.82) is 0 Å². The number of thiophene rings is 1. The van der Waals surface area contributed by atoms with Crippen molar-refractivity contribution >= 4 is 23.2 Å². The summed E-state index contributed by atoms with van der Waals surface area (Å²) in [4.78, 5) is 25.5. The van der Waals surface area contributed by atoms with Crippen molar-refractivity contribution in [2.75, 3.05) is 18.8 Å². The summed E-state index contributed by atoms with van der Waals surface area (Å²) in [7, 11) is 0. The fraction of sp³-hybridized carbons (Fsp3) is 0.526. The minimum Gasteiger partial charge on any atom is -0.368 e. The van der Waals surface area contributed by atoms with E-state index in [0.717, 1.165) is 55.3 Å². The molecule has 2 aliphatic rings. The highest BCUT2D eigenvalue weighted by atomic mass is 32.1. The number of nitrogens with two attached hydrogens (primary N) is 1. The number of nitrogens with zero attached hydrogens (tertiary/aromatic N) is 3. The van der Waals surface area contributed by atoms with Crippen molar-refractivity contribution in [3.05, 3.63) is 39.3 Å². The maximum atomic E-state index is 12.9. The number of amides is 1. The molecule has 5 nitrogen and oxygen atoms in total. The van der Waals surface area contributed by atoms with Gasteiger partial charge in [-0.1, -0.05) is 6.92 Å². The summed E-state index contributed by atoms with van der Waals surface area (Å²) in [5.74, 6) is 1.63. The number of anilines is 1. The van der Waals surface area contributed by atoms with E-state index in [1.807, 2.05) is 11.0 Å². The highest BCUT2D eigenvalue weighted by molar-refractivity contribution is 7.14. The van der Waals surface area contributed by atoms with Crippen LogP contribution in [0, 0.1) is 5.92 Å². The molecule has 132 valence electrons. The zero-order valence-corrected chi connectivity index (χ0v) is 15.4. The van der Waals surface area contributed by atoms with Crippen LogP contribution in [0.3, 0.4) is 0 Å². The van der Waals surface area contributed by atoms with Gasteiger partial charge >= 0.3 is 0 Å². The van der Waals surface area contributed by atoms with Crippen LogP contribution < -0.4 is 5.73 Å². The van der Waals surface area contributed by atoms with Crippen LogP contribution in [0.15, 0.2) is 18.3 Å². The third-order valence-electron chi connectivity index (χ3n) is 5.44. The van der Waals surface area contributed by atoms with Crippen LogP contribution in [-0.2, 0) is 12.8 Å². The minimum atomic E-state index is 0.202. The number of aromatic nitrogens is 2. The van der Waals surface area contributed by atoms with Gasteiger partial charge in [-0.3, -0.25) is 4.79 Å². The minimum absolute atomic E-state index is 0.202. The van der Waals surface area contributed by atoms with E-state index in [1.165, 1.54) is 16.9 Å². The van der Waals surface area contributed by atoms with Crippen LogP contribution in [0.5, 0.6) is 0 Å². The molecule has 2 aromatic heterocycles. The van der Waals surface area contributed by atoms with Gasteiger partial charge in [-0.2, -0.15) is 0 Å². The Morgan fingerprint density at radius 1 is 1.32 bits per heavy atom. The summed E-state index contributed by atoms with van der Waals surface area (Å²) in [6, 6.07) is 4.09. The van der Waals surface area contributed by atoms with Crippen LogP contribution in [0.25, 0.3) is 0 Å². The molecule has 1 amide bonds. The quantitative estimate of drug-likeness (QED) is 0.896. The van der Waals surface area contributed by atoms with Crippen LogP contribution in [0.2, 0.25) is 0 Å². The predicted molar refractivity (Wildman–Crippen MR) is 99.8 cm³/mol. The van der Waals surface area contributed by atoms with Gasteiger partial charge in [0.05, 0.1) is 4.88 Å². The second-order valence-electron chi connectivity index (χ2n) is 7.31. The number of aryl methyl sites for hydroxylation is 1. The van der Waals surface area contributed by atoms with E-state index in [9.17, 15) is 4.79 Å². The highest BCUT2D eigenvalue weighted by Crippen LogP contribution is 2.34. The smallest absolute Gasteiger partial charge is 0.263 e. The number of fused-ring (bicyclic) bond motifs is 1. The van der Waals surface area contributed by atoms with Gasteiger partial charge in [-0.15, -0.1) is 11.3 Å². The van der Waals surface area contributed by atoms with Gasteiger partial charge < -0.3 is 10.6 Å². The fourth-order valence-corrected chi connectivity index (χ4v) is 5.14. The number of rotatable bonds is 2. The van der Waals surface area contributed by atoms with E-state index >= 15 is 0 Å². The van der Waals surface area contributed by atoms with E-state index in [4.69, 9.17) is 5.73 Å². The first-order chi connectivity index (χ1) is 12.1. The third kappa shape index (κ3) is 3.40. The lowest BCUT2D eigenvalue weighted by molar-refractivity contribution is 0.0717. The van der Waals surface area contributed by atoms with E-state index in [2.05, 4.69) is 23.0 Å². The first-order valence-corrected chi connectivity index (χ1v) is 9.91. The molecule has 0 saturated carbocycles. The van der Waals surface area contributed by atoms with Crippen LogP contribution in [-0.4, -0.2) is 33.9 Å². The summed E-state index contributed by atoms with van der Waals surface area (Å²) in [6.45, 7) is 3.87. The summed E-state index contributed by atoms with van der Waals surface area (Å²) in [6.07, 6.45) is 7.08.